The number of hydrogen-bond acceptors (Lipinski definition) is 11. The van der Waals surface area contributed by atoms with Crippen molar-refractivity contribution in [1.29, 1.82) is 0 Å². The van der Waals surface area contributed by atoms with Gasteiger partial charge in [0, 0.05) is 17.5 Å². The number of phenols is 1. The lowest BCUT2D eigenvalue weighted by molar-refractivity contribution is -0.271. The molecule has 2 aromatic rings. The van der Waals surface area contributed by atoms with E-state index in [0.717, 1.165) is 5.56 Å². The Hall–Kier alpha value is -3.45. The summed E-state index contributed by atoms with van der Waals surface area (Å²) in [6.45, 7) is 0.206. The van der Waals surface area contributed by atoms with E-state index in [1.165, 1.54) is 21.3 Å². The number of carboxylic acid groups (broad SMARTS) is 1. The summed E-state index contributed by atoms with van der Waals surface area (Å²) in [5.41, 5.74) is 1.36. The lowest BCUT2D eigenvalue weighted by Gasteiger charge is -2.38. The third-order valence-electron chi connectivity index (χ3n) is 6.28. The highest BCUT2D eigenvalue weighted by Crippen LogP contribution is 2.49. The number of rotatable bonds is 7. The third-order valence-corrected chi connectivity index (χ3v) is 6.28. The fraction of sp³-hybridized carbons (Fsp3) is 0.458. The molecule has 2 aliphatic heterocycles. The van der Waals surface area contributed by atoms with E-state index >= 15 is 0 Å². The van der Waals surface area contributed by atoms with E-state index in [-0.39, 0.29) is 35.5 Å². The maximum Gasteiger partial charge on any atom is 0.335 e. The Labute approximate surface area is 206 Å². The van der Waals surface area contributed by atoms with Gasteiger partial charge in [-0.05, 0) is 24.1 Å². The van der Waals surface area contributed by atoms with Gasteiger partial charge in [0.2, 0.25) is 17.8 Å². The molecule has 6 atom stereocenters. The molecule has 196 valence electrons. The Morgan fingerprint density at radius 1 is 0.972 bits per heavy atom. The number of aliphatic hydroxyl groups is 3. The van der Waals surface area contributed by atoms with Gasteiger partial charge in [0.15, 0.2) is 17.6 Å². The molecule has 0 saturated carbocycles. The first-order chi connectivity index (χ1) is 17.2. The van der Waals surface area contributed by atoms with Crippen LogP contribution in [0.5, 0.6) is 34.5 Å². The largest absolute Gasteiger partial charge is 0.504 e. The van der Waals surface area contributed by atoms with Crippen LogP contribution >= 0.6 is 0 Å². The highest BCUT2D eigenvalue weighted by Gasteiger charge is 2.48. The second-order valence-corrected chi connectivity index (χ2v) is 8.42. The monoisotopic (exact) mass is 508 g/mol. The summed E-state index contributed by atoms with van der Waals surface area (Å²) in [5.74, 6) is -0.323. The molecule has 0 bridgehead atoms. The molecule has 36 heavy (non-hydrogen) atoms. The van der Waals surface area contributed by atoms with Crippen LogP contribution in [0.1, 0.15) is 17.0 Å². The minimum atomic E-state index is -1.81. The van der Waals surface area contributed by atoms with Crippen molar-refractivity contribution in [1.82, 2.24) is 0 Å². The van der Waals surface area contributed by atoms with Crippen LogP contribution in [0.15, 0.2) is 24.3 Å². The average Bonchev–Trinajstić information content (AvgIpc) is 2.88. The predicted octanol–water partition coefficient (Wildman–Crippen LogP) is 0.408. The smallest absolute Gasteiger partial charge is 0.335 e. The minimum Gasteiger partial charge on any atom is -0.504 e. The van der Waals surface area contributed by atoms with E-state index in [1.807, 2.05) is 0 Å². The van der Waals surface area contributed by atoms with Crippen molar-refractivity contribution in [3.8, 4) is 34.5 Å². The van der Waals surface area contributed by atoms with Crippen LogP contribution in [-0.4, -0.2) is 90.1 Å². The van der Waals surface area contributed by atoms with Gasteiger partial charge in [-0.3, -0.25) is 0 Å². The highest BCUT2D eigenvalue weighted by atomic mass is 16.7. The number of phenolic OH excluding ortho intramolecular Hbond substituents is 1. The van der Waals surface area contributed by atoms with Crippen LogP contribution in [0.3, 0.4) is 0 Å². The van der Waals surface area contributed by atoms with Crippen molar-refractivity contribution >= 4 is 5.97 Å². The second-order valence-electron chi connectivity index (χ2n) is 8.42. The SMILES string of the molecule is COc1cc(C2COc3cc(O[C@@H]4O[C@H](C(=O)O)[C@@H](O)[C@H](O)[C@H]4O)ccc3C2)c(O)c(OC)c1OC. The van der Waals surface area contributed by atoms with Gasteiger partial charge >= 0.3 is 5.97 Å². The van der Waals surface area contributed by atoms with E-state index in [9.17, 15) is 30.3 Å². The molecular weight excluding hydrogens is 480 g/mol. The van der Waals surface area contributed by atoms with Crippen LogP contribution in [0.2, 0.25) is 0 Å². The van der Waals surface area contributed by atoms with Crippen LogP contribution in [0.25, 0.3) is 0 Å². The van der Waals surface area contributed by atoms with Gasteiger partial charge in [-0.15, -0.1) is 0 Å². The summed E-state index contributed by atoms with van der Waals surface area (Å²) in [7, 11) is 4.35. The molecule has 0 spiro atoms. The maximum atomic E-state index is 11.3. The molecule has 0 aliphatic carbocycles. The summed E-state index contributed by atoms with van der Waals surface area (Å²) >= 11 is 0. The molecule has 1 unspecified atom stereocenters. The number of benzene rings is 2. The molecule has 0 amide bonds. The minimum absolute atomic E-state index is 0.0793. The summed E-state index contributed by atoms with van der Waals surface area (Å²) < 4.78 is 32.7. The predicted molar refractivity (Wildman–Crippen MR) is 121 cm³/mol. The molecule has 1 fully saturated rings. The number of methoxy groups -OCH3 is 3. The van der Waals surface area contributed by atoms with Crippen LogP contribution in [0.4, 0.5) is 0 Å². The Balaban J connectivity index is 1.54. The molecule has 2 heterocycles. The molecule has 0 radical (unpaired) electrons. The van der Waals surface area contributed by atoms with E-state index < -0.39 is 36.7 Å². The van der Waals surface area contributed by atoms with E-state index in [4.69, 9.17) is 28.4 Å². The zero-order chi connectivity index (χ0) is 26.1. The Kier molecular flexibility index (Phi) is 7.31. The number of aromatic hydroxyl groups is 1. The van der Waals surface area contributed by atoms with E-state index in [0.29, 0.717) is 23.5 Å². The van der Waals surface area contributed by atoms with Crippen molar-refractivity contribution in [2.45, 2.75) is 43.0 Å². The first-order valence-electron chi connectivity index (χ1n) is 11.1. The molecule has 1 saturated heterocycles. The van der Waals surface area contributed by atoms with Gasteiger partial charge in [0.1, 0.15) is 29.8 Å². The lowest BCUT2D eigenvalue weighted by atomic mass is 9.89. The number of carboxylic acids is 1. The number of ether oxygens (including phenoxy) is 6. The molecule has 0 aromatic heterocycles. The van der Waals surface area contributed by atoms with Crippen LogP contribution < -0.4 is 23.7 Å². The van der Waals surface area contributed by atoms with Gasteiger partial charge in [-0.1, -0.05) is 6.07 Å². The van der Waals surface area contributed by atoms with Gasteiger partial charge in [0.05, 0.1) is 27.9 Å². The number of fused-ring (bicyclic) bond motifs is 1. The van der Waals surface area contributed by atoms with Gasteiger partial charge < -0.3 is 54.0 Å². The van der Waals surface area contributed by atoms with Crippen LogP contribution in [0, 0.1) is 0 Å². The molecule has 12 nitrogen and oxygen atoms in total. The molecule has 2 aliphatic rings. The molecular formula is C24H28O12. The quantitative estimate of drug-likeness (QED) is 0.349. The normalized spacial score (nSPS) is 27.4. The summed E-state index contributed by atoms with van der Waals surface area (Å²) in [4.78, 5) is 11.3. The van der Waals surface area contributed by atoms with Gasteiger partial charge in [-0.25, -0.2) is 4.79 Å². The average molecular weight is 508 g/mol. The van der Waals surface area contributed by atoms with Crippen molar-refractivity contribution in [3.63, 3.8) is 0 Å². The summed E-state index contributed by atoms with van der Waals surface area (Å²) in [6, 6.07) is 6.52. The molecule has 5 N–H and O–H groups in total. The number of aliphatic carboxylic acids is 1. The lowest BCUT2D eigenvalue weighted by Crippen LogP contribution is -2.61. The second kappa shape index (κ2) is 10.3. The van der Waals surface area contributed by atoms with Crippen LogP contribution in [-0.2, 0) is 16.0 Å². The first-order valence-corrected chi connectivity index (χ1v) is 11.1. The standard InChI is InChI=1S/C24H28O12/c1-31-15-8-13(16(25)21(33-3)20(15)32-2)11-6-10-4-5-12(7-14(10)34-9-11)35-24-19(28)17(26)18(27)22(36-24)23(29)30/h4-5,7-8,11,17-19,22,24-28H,6,9H2,1-3H3,(H,29,30)/t11?,17-,18-,19+,22-,24+/m0/s1. The van der Waals surface area contributed by atoms with E-state index in [2.05, 4.69) is 0 Å². The number of carbonyl (C=O) groups is 1. The fourth-order valence-corrected chi connectivity index (χ4v) is 4.38. The topological polar surface area (TPSA) is 174 Å². The maximum absolute atomic E-state index is 11.3. The van der Waals surface area contributed by atoms with Crippen molar-refractivity contribution in [3.05, 3.63) is 35.4 Å². The Morgan fingerprint density at radius 2 is 1.69 bits per heavy atom. The van der Waals surface area contributed by atoms with Crippen molar-refractivity contribution < 1.29 is 58.7 Å². The zero-order valence-corrected chi connectivity index (χ0v) is 19.8. The number of hydrogen-bond donors (Lipinski definition) is 5. The van der Waals surface area contributed by atoms with Gasteiger partial charge in [0.25, 0.3) is 0 Å². The highest BCUT2D eigenvalue weighted by molar-refractivity contribution is 5.73. The summed E-state index contributed by atoms with van der Waals surface area (Å²) in [6.07, 6.45) is -8.07. The van der Waals surface area contributed by atoms with Gasteiger partial charge in [-0.2, -0.15) is 0 Å². The number of aliphatic hydroxyl groups excluding tert-OH is 3. The molecule has 2 aromatic carbocycles. The first kappa shape index (κ1) is 25.6. The third kappa shape index (κ3) is 4.55. The zero-order valence-electron chi connectivity index (χ0n) is 19.8. The fourth-order valence-electron chi connectivity index (χ4n) is 4.38. The molecule has 12 heteroatoms. The Bertz CT molecular complexity index is 1120. The van der Waals surface area contributed by atoms with Crippen molar-refractivity contribution in [2.24, 2.45) is 0 Å². The Morgan fingerprint density at radius 3 is 2.33 bits per heavy atom. The van der Waals surface area contributed by atoms with Crippen molar-refractivity contribution in [2.75, 3.05) is 27.9 Å². The summed E-state index contributed by atoms with van der Waals surface area (Å²) in [5, 5.41) is 50.0. The van der Waals surface area contributed by atoms with E-state index in [1.54, 1.807) is 24.3 Å². The molecule has 4 rings (SSSR count).